The molecule has 2 atom stereocenters. The summed E-state index contributed by atoms with van der Waals surface area (Å²) in [6.45, 7) is 4.06. The minimum absolute atomic E-state index is 0.123. The van der Waals surface area contributed by atoms with Crippen LogP contribution in [-0.4, -0.2) is 49.1 Å². The molecular weight excluding hydrogens is 226 g/mol. The zero-order valence-electron chi connectivity index (χ0n) is 11.1. The van der Waals surface area contributed by atoms with Crippen LogP contribution in [0.2, 0.25) is 0 Å². The van der Waals surface area contributed by atoms with Crippen molar-refractivity contribution >= 4 is 11.7 Å². The van der Waals surface area contributed by atoms with Gasteiger partial charge in [-0.25, -0.2) is 4.79 Å². The molecule has 0 spiro atoms. The van der Waals surface area contributed by atoms with Crippen molar-refractivity contribution in [1.82, 2.24) is 9.80 Å². The molecule has 0 bridgehead atoms. The van der Waals surface area contributed by atoms with Gasteiger partial charge in [0, 0.05) is 38.4 Å². The summed E-state index contributed by atoms with van der Waals surface area (Å²) < 4.78 is 0. The fourth-order valence-corrected chi connectivity index (χ4v) is 3.27. The maximum atomic E-state index is 12.1. The Morgan fingerprint density at radius 3 is 2.67 bits per heavy atom. The highest BCUT2D eigenvalue weighted by molar-refractivity contribution is 5.79. The van der Waals surface area contributed by atoms with Gasteiger partial charge < -0.3 is 14.7 Å². The van der Waals surface area contributed by atoms with Crippen molar-refractivity contribution in [3.8, 4) is 0 Å². The standard InChI is InChI=1S/C14H19N3O/c1-4-17-9-12-13(16(3)14(18)15(12)2)10-7-5-6-8-11(10)17/h5-8,12-13H,4,9H2,1-3H3. The lowest BCUT2D eigenvalue weighted by Crippen LogP contribution is -2.45. The van der Waals surface area contributed by atoms with E-state index in [1.807, 2.05) is 23.9 Å². The molecule has 0 saturated carbocycles. The van der Waals surface area contributed by atoms with Crippen LogP contribution in [0.15, 0.2) is 24.3 Å². The predicted molar refractivity (Wildman–Crippen MR) is 71.8 cm³/mol. The second-order valence-electron chi connectivity index (χ2n) is 5.11. The molecule has 1 saturated heterocycles. The molecule has 1 aromatic rings. The number of nitrogens with zero attached hydrogens (tertiary/aromatic N) is 3. The maximum Gasteiger partial charge on any atom is 0.320 e. The largest absolute Gasteiger partial charge is 0.369 e. The molecule has 0 N–H and O–H groups in total. The lowest BCUT2D eigenvalue weighted by Gasteiger charge is -2.39. The maximum absolute atomic E-state index is 12.1. The van der Waals surface area contributed by atoms with Crippen molar-refractivity contribution < 1.29 is 4.79 Å². The smallest absolute Gasteiger partial charge is 0.320 e. The second-order valence-corrected chi connectivity index (χ2v) is 5.11. The molecule has 2 aliphatic rings. The van der Waals surface area contributed by atoms with Gasteiger partial charge in [-0.2, -0.15) is 0 Å². The van der Waals surface area contributed by atoms with Crippen molar-refractivity contribution in [2.45, 2.75) is 19.0 Å². The first-order chi connectivity index (χ1) is 8.65. The van der Waals surface area contributed by atoms with Crippen LogP contribution in [0.25, 0.3) is 0 Å². The molecular formula is C14H19N3O. The highest BCUT2D eigenvalue weighted by Gasteiger charge is 2.46. The van der Waals surface area contributed by atoms with Crippen molar-refractivity contribution in [1.29, 1.82) is 0 Å². The van der Waals surface area contributed by atoms with Gasteiger partial charge in [0.2, 0.25) is 0 Å². The summed E-state index contributed by atoms with van der Waals surface area (Å²) in [4.78, 5) is 18.2. The highest BCUT2D eigenvalue weighted by Crippen LogP contribution is 2.42. The first kappa shape index (κ1) is 11.4. The number of amides is 2. The molecule has 3 rings (SSSR count). The number of rotatable bonds is 1. The first-order valence-corrected chi connectivity index (χ1v) is 6.48. The quantitative estimate of drug-likeness (QED) is 0.756. The van der Waals surface area contributed by atoms with Crippen LogP contribution in [0, 0.1) is 0 Å². The van der Waals surface area contributed by atoms with Gasteiger partial charge in [0.25, 0.3) is 0 Å². The van der Waals surface area contributed by atoms with Crippen LogP contribution < -0.4 is 4.90 Å². The lowest BCUT2D eigenvalue weighted by molar-refractivity contribution is 0.200. The van der Waals surface area contributed by atoms with Gasteiger partial charge in [0.15, 0.2) is 0 Å². The third-order valence-corrected chi connectivity index (χ3v) is 4.27. The summed E-state index contributed by atoms with van der Waals surface area (Å²) >= 11 is 0. The molecule has 2 amide bonds. The Bertz CT molecular complexity index is 488. The summed E-state index contributed by atoms with van der Waals surface area (Å²) in [5.41, 5.74) is 2.55. The van der Waals surface area contributed by atoms with Gasteiger partial charge in [-0.3, -0.25) is 0 Å². The van der Waals surface area contributed by atoms with Crippen LogP contribution in [0.4, 0.5) is 10.5 Å². The SMILES string of the molecule is CCN1CC2C(c3ccccc31)N(C)C(=O)N2C. The minimum Gasteiger partial charge on any atom is -0.369 e. The molecule has 2 heterocycles. The Morgan fingerprint density at radius 1 is 1.22 bits per heavy atom. The van der Waals surface area contributed by atoms with Crippen molar-refractivity contribution in [2.24, 2.45) is 0 Å². The Labute approximate surface area is 108 Å². The summed E-state index contributed by atoms with van der Waals surface area (Å²) in [6, 6.07) is 9.02. The number of urea groups is 1. The first-order valence-electron chi connectivity index (χ1n) is 6.48. The van der Waals surface area contributed by atoms with E-state index in [2.05, 4.69) is 36.1 Å². The third-order valence-electron chi connectivity index (χ3n) is 4.27. The molecule has 1 fully saturated rings. The van der Waals surface area contributed by atoms with Gasteiger partial charge in [0.1, 0.15) is 0 Å². The molecule has 0 aromatic heterocycles. The van der Waals surface area contributed by atoms with E-state index in [1.165, 1.54) is 11.3 Å². The number of carbonyl (C=O) groups excluding carboxylic acids is 1. The van der Waals surface area contributed by atoms with Crippen LogP contribution in [-0.2, 0) is 0 Å². The predicted octanol–water partition coefficient (Wildman–Crippen LogP) is 1.93. The van der Waals surface area contributed by atoms with E-state index < -0.39 is 0 Å². The van der Waals surface area contributed by atoms with Crippen molar-refractivity contribution in [2.75, 3.05) is 32.1 Å². The van der Waals surface area contributed by atoms with E-state index in [1.54, 1.807) is 0 Å². The van der Waals surface area contributed by atoms with Crippen LogP contribution in [0.5, 0.6) is 0 Å². The summed E-state index contributed by atoms with van der Waals surface area (Å²) in [7, 11) is 3.81. The number of hydrogen-bond donors (Lipinski definition) is 0. The van der Waals surface area contributed by atoms with Gasteiger partial charge >= 0.3 is 6.03 Å². The lowest BCUT2D eigenvalue weighted by atomic mass is 9.92. The molecule has 18 heavy (non-hydrogen) atoms. The Hall–Kier alpha value is -1.71. The molecule has 0 aliphatic carbocycles. The second kappa shape index (κ2) is 3.90. The number of fused-ring (bicyclic) bond motifs is 3. The zero-order chi connectivity index (χ0) is 12.9. The molecule has 4 heteroatoms. The Kier molecular flexibility index (Phi) is 2.47. The molecule has 0 radical (unpaired) electrons. The molecule has 96 valence electrons. The van der Waals surface area contributed by atoms with Crippen LogP contribution in [0.1, 0.15) is 18.5 Å². The highest BCUT2D eigenvalue weighted by atomic mass is 16.2. The van der Waals surface area contributed by atoms with Crippen molar-refractivity contribution in [3.63, 3.8) is 0 Å². The number of anilines is 1. The third kappa shape index (κ3) is 1.35. The topological polar surface area (TPSA) is 26.8 Å². The van der Waals surface area contributed by atoms with E-state index >= 15 is 0 Å². The fourth-order valence-electron chi connectivity index (χ4n) is 3.27. The molecule has 2 aliphatic heterocycles. The molecule has 2 unspecified atom stereocenters. The number of likely N-dealkylation sites (N-methyl/N-ethyl adjacent to an activating group) is 3. The number of benzene rings is 1. The average molecular weight is 245 g/mol. The fraction of sp³-hybridized carbons (Fsp3) is 0.500. The van der Waals surface area contributed by atoms with Gasteiger partial charge in [-0.1, -0.05) is 18.2 Å². The number of hydrogen-bond acceptors (Lipinski definition) is 2. The zero-order valence-corrected chi connectivity index (χ0v) is 11.1. The molecule has 4 nitrogen and oxygen atoms in total. The van der Waals surface area contributed by atoms with Crippen LogP contribution in [0.3, 0.4) is 0 Å². The van der Waals surface area contributed by atoms with E-state index in [0.29, 0.717) is 0 Å². The van der Waals surface area contributed by atoms with E-state index in [4.69, 9.17) is 0 Å². The van der Waals surface area contributed by atoms with Gasteiger partial charge in [-0.05, 0) is 13.0 Å². The number of para-hydroxylation sites is 1. The van der Waals surface area contributed by atoms with E-state index in [0.717, 1.165) is 13.1 Å². The van der Waals surface area contributed by atoms with Gasteiger partial charge in [0.05, 0.1) is 12.1 Å². The van der Waals surface area contributed by atoms with Gasteiger partial charge in [-0.15, -0.1) is 0 Å². The Balaban J connectivity index is 2.11. The summed E-state index contributed by atoms with van der Waals surface area (Å²) in [6.07, 6.45) is 0. The normalized spacial score (nSPS) is 26.4. The van der Waals surface area contributed by atoms with Crippen LogP contribution >= 0.6 is 0 Å². The summed E-state index contributed by atoms with van der Waals surface area (Å²) in [5, 5.41) is 0. The van der Waals surface area contributed by atoms with E-state index in [9.17, 15) is 4.79 Å². The van der Waals surface area contributed by atoms with E-state index in [-0.39, 0.29) is 18.1 Å². The summed E-state index contributed by atoms with van der Waals surface area (Å²) in [5.74, 6) is 0. The Morgan fingerprint density at radius 2 is 1.94 bits per heavy atom. The van der Waals surface area contributed by atoms with Crippen molar-refractivity contribution in [3.05, 3.63) is 29.8 Å². The monoisotopic (exact) mass is 245 g/mol. The number of carbonyl (C=O) groups is 1. The molecule has 1 aromatic carbocycles. The average Bonchev–Trinajstić information content (AvgIpc) is 2.63. The minimum atomic E-state index is 0.123.